The number of hydrogen-bond acceptors (Lipinski definition) is 5. The molecule has 17 heavy (non-hydrogen) atoms. The lowest BCUT2D eigenvalue weighted by molar-refractivity contribution is -0.147. The van der Waals surface area contributed by atoms with Gasteiger partial charge in [0.05, 0.1) is 12.7 Å². The summed E-state index contributed by atoms with van der Waals surface area (Å²) in [4.78, 5) is 22.6. The molecule has 0 saturated carbocycles. The topological polar surface area (TPSA) is 78.6 Å². The van der Waals surface area contributed by atoms with E-state index in [9.17, 15) is 9.59 Å². The second-order valence-corrected chi connectivity index (χ2v) is 3.60. The molecule has 0 radical (unpaired) electrons. The quantitative estimate of drug-likeness (QED) is 0.486. The van der Waals surface area contributed by atoms with Crippen LogP contribution in [0.2, 0.25) is 0 Å². The maximum absolute atomic E-state index is 11.4. The van der Waals surface area contributed by atoms with Gasteiger partial charge >= 0.3 is 5.97 Å². The Hall–Kier alpha value is -2.04. The molecule has 5 heteroatoms. The molecule has 0 aliphatic rings. The number of esters is 1. The van der Waals surface area contributed by atoms with Crippen LogP contribution >= 0.6 is 0 Å². The summed E-state index contributed by atoms with van der Waals surface area (Å²) >= 11 is 0. The highest BCUT2D eigenvalue weighted by Gasteiger charge is 2.18. The zero-order chi connectivity index (χ0) is 13.0. The lowest BCUT2D eigenvalue weighted by atomic mass is 10.1. The Bertz CT molecular complexity index is 442. The molecule has 1 aromatic carbocycles. The van der Waals surface area contributed by atoms with Crippen LogP contribution in [0.4, 0.5) is 5.69 Å². The molecule has 0 spiro atoms. The number of Topliss-reactive ketones (excluding diaryl/α,β-unsaturated/α-hetero) is 1. The SMILES string of the molecule is COC(=O)C(C)Oc1ccc(N)cc1C(C)=O. The maximum Gasteiger partial charge on any atom is 0.346 e. The molecular formula is C12H15NO4. The molecule has 0 amide bonds. The molecular weight excluding hydrogens is 222 g/mol. The van der Waals surface area contributed by atoms with Crippen molar-refractivity contribution in [2.45, 2.75) is 20.0 Å². The molecule has 1 atom stereocenters. The Morgan fingerprint density at radius 1 is 1.35 bits per heavy atom. The van der Waals surface area contributed by atoms with E-state index in [0.717, 1.165) is 0 Å². The van der Waals surface area contributed by atoms with Crippen molar-refractivity contribution in [1.29, 1.82) is 0 Å². The average molecular weight is 237 g/mol. The number of benzene rings is 1. The summed E-state index contributed by atoms with van der Waals surface area (Å²) in [5.41, 5.74) is 6.40. The Morgan fingerprint density at radius 3 is 2.53 bits per heavy atom. The molecule has 1 aromatic rings. The number of methoxy groups -OCH3 is 1. The number of anilines is 1. The molecule has 0 fully saturated rings. The normalized spacial score (nSPS) is 11.7. The number of carbonyl (C=O) groups is 2. The Kier molecular flexibility index (Phi) is 4.09. The molecule has 0 bridgehead atoms. The summed E-state index contributed by atoms with van der Waals surface area (Å²) in [6, 6.07) is 4.68. The first-order valence-electron chi connectivity index (χ1n) is 5.10. The lowest BCUT2D eigenvalue weighted by Gasteiger charge is -2.14. The highest BCUT2D eigenvalue weighted by molar-refractivity contribution is 5.97. The van der Waals surface area contributed by atoms with E-state index in [1.807, 2.05) is 0 Å². The van der Waals surface area contributed by atoms with Gasteiger partial charge in [-0.2, -0.15) is 0 Å². The van der Waals surface area contributed by atoms with Crippen molar-refractivity contribution in [2.24, 2.45) is 0 Å². The molecule has 1 unspecified atom stereocenters. The Morgan fingerprint density at radius 2 is 2.00 bits per heavy atom. The van der Waals surface area contributed by atoms with E-state index in [1.165, 1.54) is 20.1 Å². The summed E-state index contributed by atoms with van der Waals surface area (Å²) in [5, 5.41) is 0. The standard InChI is InChI=1S/C12H15NO4/c1-7(14)10-6-9(13)4-5-11(10)17-8(2)12(15)16-3/h4-6,8H,13H2,1-3H3. The highest BCUT2D eigenvalue weighted by Crippen LogP contribution is 2.23. The number of rotatable bonds is 4. The highest BCUT2D eigenvalue weighted by atomic mass is 16.6. The average Bonchev–Trinajstić information content (AvgIpc) is 2.29. The zero-order valence-corrected chi connectivity index (χ0v) is 10.0. The van der Waals surface area contributed by atoms with Crippen LogP contribution in [0.15, 0.2) is 18.2 Å². The number of ketones is 1. The number of nitrogen functional groups attached to an aromatic ring is 1. The lowest BCUT2D eigenvalue weighted by Crippen LogP contribution is -2.25. The second kappa shape index (κ2) is 5.34. The van der Waals surface area contributed by atoms with Gasteiger partial charge in [0.15, 0.2) is 11.9 Å². The van der Waals surface area contributed by atoms with Gasteiger partial charge in [0.2, 0.25) is 0 Å². The van der Waals surface area contributed by atoms with Crippen LogP contribution in [-0.2, 0) is 9.53 Å². The molecule has 0 aromatic heterocycles. The number of nitrogens with two attached hydrogens (primary N) is 1. The summed E-state index contributed by atoms with van der Waals surface area (Å²) in [7, 11) is 1.27. The molecule has 2 N–H and O–H groups in total. The minimum absolute atomic E-state index is 0.177. The largest absolute Gasteiger partial charge is 0.478 e. The summed E-state index contributed by atoms with van der Waals surface area (Å²) in [5.74, 6) is -0.356. The van der Waals surface area contributed by atoms with Gasteiger partial charge in [0.1, 0.15) is 5.75 Å². The third-order valence-corrected chi connectivity index (χ3v) is 2.22. The van der Waals surface area contributed by atoms with Gasteiger partial charge in [-0.05, 0) is 32.0 Å². The molecule has 0 aliphatic carbocycles. The third kappa shape index (κ3) is 3.21. The molecule has 5 nitrogen and oxygen atoms in total. The van der Waals surface area contributed by atoms with E-state index < -0.39 is 12.1 Å². The molecule has 0 heterocycles. The number of carbonyl (C=O) groups excluding carboxylic acids is 2. The smallest absolute Gasteiger partial charge is 0.346 e. The van der Waals surface area contributed by atoms with Crippen LogP contribution in [0.25, 0.3) is 0 Å². The predicted molar refractivity (Wildman–Crippen MR) is 63.0 cm³/mol. The monoisotopic (exact) mass is 237 g/mol. The van der Waals surface area contributed by atoms with E-state index in [2.05, 4.69) is 4.74 Å². The summed E-state index contributed by atoms with van der Waals surface area (Å²) in [6.45, 7) is 2.95. The van der Waals surface area contributed by atoms with Crippen molar-refractivity contribution in [3.63, 3.8) is 0 Å². The van der Waals surface area contributed by atoms with Crippen molar-refractivity contribution in [1.82, 2.24) is 0 Å². The van der Waals surface area contributed by atoms with Crippen molar-refractivity contribution >= 4 is 17.4 Å². The molecule has 92 valence electrons. The van der Waals surface area contributed by atoms with Gasteiger partial charge in [-0.1, -0.05) is 0 Å². The van der Waals surface area contributed by atoms with Crippen molar-refractivity contribution in [3.8, 4) is 5.75 Å². The zero-order valence-electron chi connectivity index (χ0n) is 10.0. The fourth-order valence-electron chi connectivity index (χ4n) is 1.33. The van der Waals surface area contributed by atoms with Crippen LogP contribution in [0, 0.1) is 0 Å². The van der Waals surface area contributed by atoms with Gasteiger partial charge < -0.3 is 15.2 Å². The summed E-state index contributed by atoms with van der Waals surface area (Å²) in [6.07, 6.45) is -0.776. The third-order valence-electron chi connectivity index (χ3n) is 2.22. The van der Waals surface area contributed by atoms with Crippen molar-refractivity contribution in [2.75, 3.05) is 12.8 Å². The minimum atomic E-state index is -0.776. The van der Waals surface area contributed by atoms with Gasteiger partial charge in [-0.15, -0.1) is 0 Å². The van der Waals surface area contributed by atoms with Gasteiger partial charge in [-0.3, -0.25) is 4.79 Å². The van der Waals surface area contributed by atoms with E-state index in [-0.39, 0.29) is 5.78 Å². The Balaban J connectivity index is 2.98. The van der Waals surface area contributed by atoms with Crippen molar-refractivity contribution in [3.05, 3.63) is 23.8 Å². The molecule has 0 saturated heterocycles. The van der Waals surface area contributed by atoms with Crippen LogP contribution in [0.5, 0.6) is 5.75 Å². The summed E-state index contributed by atoms with van der Waals surface area (Å²) < 4.78 is 9.90. The van der Waals surface area contributed by atoms with E-state index in [0.29, 0.717) is 17.0 Å². The molecule has 1 rings (SSSR count). The van der Waals surface area contributed by atoms with E-state index in [4.69, 9.17) is 10.5 Å². The first-order chi connectivity index (χ1) is 7.95. The number of ether oxygens (including phenoxy) is 2. The Labute approximate surface area is 99.5 Å². The van der Waals surface area contributed by atoms with E-state index in [1.54, 1.807) is 19.1 Å². The van der Waals surface area contributed by atoms with Crippen LogP contribution in [0.1, 0.15) is 24.2 Å². The molecule has 0 aliphatic heterocycles. The first kappa shape index (κ1) is 13.0. The van der Waals surface area contributed by atoms with E-state index >= 15 is 0 Å². The minimum Gasteiger partial charge on any atom is -0.478 e. The fraction of sp³-hybridized carbons (Fsp3) is 0.333. The van der Waals surface area contributed by atoms with Gasteiger partial charge in [0, 0.05) is 5.69 Å². The predicted octanol–water partition coefficient (Wildman–Crippen LogP) is 1.41. The fourth-order valence-corrected chi connectivity index (χ4v) is 1.33. The van der Waals surface area contributed by atoms with Gasteiger partial charge in [0.25, 0.3) is 0 Å². The van der Waals surface area contributed by atoms with Crippen LogP contribution < -0.4 is 10.5 Å². The van der Waals surface area contributed by atoms with Crippen molar-refractivity contribution < 1.29 is 19.1 Å². The van der Waals surface area contributed by atoms with Crippen LogP contribution in [0.3, 0.4) is 0 Å². The maximum atomic E-state index is 11.4. The second-order valence-electron chi connectivity index (χ2n) is 3.60. The first-order valence-corrected chi connectivity index (χ1v) is 5.10. The van der Waals surface area contributed by atoms with Gasteiger partial charge in [-0.25, -0.2) is 4.79 Å². The van der Waals surface area contributed by atoms with Crippen LogP contribution in [-0.4, -0.2) is 25.0 Å². The number of hydrogen-bond donors (Lipinski definition) is 1.